The Morgan fingerprint density at radius 1 is 1.32 bits per heavy atom. The lowest BCUT2D eigenvalue weighted by atomic mass is 10.1. The van der Waals surface area contributed by atoms with Gasteiger partial charge in [0.05, 0.1) is 23.6 Å². The van der Waals surface area contributed by atoms with Gasteiger partial charge in [-0.05, 0) is 43.9 Å². The Labute approximate surface area is 113 Å². The van der Waals surface area contributed by atoms with Crippen molar-refractivity contribution < 1.29 is 0 Å². The summed E-state index contributed by atoms with van der Waals surface area (Å²) in [5, 5.41) is 12.0. The third kappa shape index (κ3) is 2.68. The smallest absolute Gasteiger partial charge is 0.0818 e. The van der Waals surface area contributed by atoms with Gasteiger partial charge in [-0.15, -0.1) is 5.10 Å². The summed E-state index contributed by atoms with van der Waals surface area (Å²) in [6, 6.07) is 10.6. The average molecular weight is 256 g/mol. The molecule has 1 atom stereocenters. The molecule has 1 unspecified atom stereocenters. The Morgan fingerprint density at radius 2 is 2.11 bits per heavy atom. The van der Waals surface area contributed by atoms with Gasteiger partial charge in [-0.1, -0.05) is 30.3 Å². The second-order valence-corrected chi connectivity index (χ2v) is 5.18. The highest BCUT2D eigenvalue weighted by molar-refractivity contribution is 5.32. The topological polar surface area (TPSA) is 42.7 Å². The molecule has 0 spiro atoms. The molecule has 4 heteroatoms. The van der Waals surface area contributed by atoms with Crippen LogP contribution in [-0.4, -0.2) is 21.5 Å². The lowest BCUT2D eigenvalue weighted by molar-refractivity contribution is 0.460. The first-order valence-corrected chi connectivity index (χ1v) is 7.09. The number of nitrogens with one attached hydrogen (secondary N) is 1. The number of benzene rings is 1. The minimum absolute atomic E-state index is 0.384. The van der Waals surface area contributed by atoms with Gasteiger partial charge < -0.3 is 5.32 Å². The fourth-order valence-corrected chi connectivity index (χ4v) is 2.47. The van der Waals surface area contributed by atoms with Crippen molar-refractivity contribution in [2.24, 2.45) is 5.92 Å². The summed E-state index contributed by atoms with van der Waals surface area (Å²) in [4.78, 5) is 0. The molecule has 0 saturated heterocycles. The maximum atomic E-state index is 4.25. The lowest BCUT2D eigenvalue weighted by Gasteiger charge is -2.18. The number of hydrogen-bond donors (Lipinski definition) is 1. The summed E-state index contributed by atoms with van der Waals surface area (Å²) >= 11 is 0. The van der Waals surface area contributed by atoms with Crippen LogP contribution >= 0.6 is 0 Å². The molecule has 1 aromatic carbocycles. The van der Waals surface area contributed by atoms with Crippen LogP contribution in [-0.2, 0) is 0 Å². The third-order valence-corrected chi connectivity index (χ3v) is 3.60. The first kappa shape index (κ1) is 12.4. The predicted molar refractivity (Wildman–Crippen MR) is 75.1 cm³/mol. The molecule has 1 aliphatic carbocycles. The van der Waals surface area contributed by atoms with Gasteiger partial charge in [-0.2, -0.15) is 0 Å². The number of para-hydroxylation sites is 1. The van der Waals surface area contributed by atoms with E-state index in [1.807, 2.05) is 29.1 Å². The van der Waals surface area contributed by atoms with Crippen LogP contribution in [0.2, 0.25) is 0 Å². The van der Waals surface area contributed by atoms with Crippen LogP contribution in [0.15, 0.2) is 36.5 Å². The molecule has 0 bridgehead atoms. The van der Waals surface area contributed by atoms with Crippen LogP contribution in [0.3, 0.4) is 0 Å². The normalized spacial score (nSPS) is 16.5. The Kier molecular flexibility index (Phi) is 3.60. The van der Waals surface area contributed by atoms with Crippen LogP contribution in [0.5, 0.6) is 0 Å². The quantitative estimate of drug-likeness (QED) is 0.864. The fourth-order valence-electron chi connectivity index (χ4n) is 2.47. The predicted octanol–water partition coefficient (Wildman–Crippen LogP) is 2.72. The standard InChI is InChI=1S/C15H20N4/c1-2-10-16-15(12-8-9-12)14-11-17-18-19(14)13-6-4-3-5-7-13/h3-7,11-12,15-16H,2,8-10H2,1H3. The molecule has 0 radical (unpaired) electrons. The minimum Gasteiger partial charge on any atom is -0.308 e. The van der Waals surface area contributed by atoms with Crippen molar-refractivity contribution in [3.63, 3.8) is 0 Å². The van der Waals surface area contributed by atoms with Crippen molar-refractivity contribution in [1.82, 2.24) is 20.3 Å². The van der Waals surface area contributed by atoms with E-state index in [-0.39, 0.29) is 0 Å². The second-order valence-electron chi connectivity index (χ2n) is 5.18. The molecule has 0 amide bonds. The molecule has 1 saturated carbocycles. The number of aromatic nitrogens is 3. The SMILES string of the molecule is CCCNC(c1cnnn1-c1ccccc1)C1CC1. The van der Waals surface area contributed by atoms with E-state index in [4.69, 9.17) is 0 Å². The maximum absolute atomic E-state index is 4.25. The fraction of sp³-hybridized carbons (Fsp3) is 0.467. The number of hydrogen-bond acceptors (Lipinski definition) is 3. The van der Waals surface area contributed by atoms with Gasteiger partial charge in [0.15, 0.2) is 0 Å². The highest BCUT2D eigenvalue weighted by Gasteiger charge is 2.34. The van der Waals surface area contributed by atoms with Gasteiger partial charge in [-0.25, -0.2) is 4.68 Å². The van der Waals surface area contributed by atoms with Crippen molar-refractivity contribution >= 4 is 0 Å². The van der Waals surface area contributed by atoms with Crippen LogP contribution in [0.4, 0.5) is 0 Å². The number of rotatable bonds is 6. The van der Waals surface area contributed by atoms with E-state index < -0.39 is 0 Å². The molecule has 4 nitrogen and oxygen atoms in total. The molecule has 1 fully saturated rings. The van der Waals surface area contributed by atoms with Crippen molar-refractivity contribution in [3.05, 3.63) is 42.2 Å². The summed E-state index contributed by atoms with van der Waals surface area (Å²) in [7, 11) is 0. The van der Waals surface area contributed by atoms with Gasteiger partial charge in [-0.3, -0.25) is 0 Å². The molecule has 1 heterocycles. The Balaban J connectivity index is 1.89. The molecular weight excluding hydrogens is 236 g/mol. The highest BCUT2D eigenvalue weighted by Crippen LogP contribution is 2.41. The van der Waals surface area contributed by atoms with Crippen molar-refractivity contribution in [2.45, 2.75) is 32.2 Å². The molecule has 2 aromatic rings. The Hall–Kier alpha value is -1.68. The minimum atomic E-state index is 0.384. The summed E-state index contributed by atoms with van der Waals surface area (Å²) < 4.78 is 1.96. The monoisotopic (exact) mass is 256 g/mol. The van der Waals surface area contributed by atoms with Crippen molar-refractivity contribution in [1.29, 1.82) is 0 Å². The molecular formula is C15H20N4. The molecule has 100 valence electrons. The first-order chi connectivity index (χ1) is 9.40. The van der Waals surface area contributed by atoms with Crippen molar-refractivity contribution in [2.75, 3.05) is 6.54 Å². The molecule has 3 rings (SSSR count). The summed E-state index contributed by atoms with van der Waals surface area (Å²) in [5.41, 5.74) is 2.26. The Morgan fingerprint density at radius 3 is 2.79 bits per heavy atom. The van der Waals surface area contributed by atoms with E-state index in [9.17, 15) is 0 Å². The van der Waals surface area contributed by atoms with Crippen LogP contribution in [0.25, 0.3) is 5.69 Å². The summed E-state index contributed by atoms with van der Waals surface area (Å²) in [6.07, 6.45) is 5.66. The average Bonchev–Trinajstić information content (AvgIpc) is 3.17. The third-order valence-electron chi connectivity index (χ3n) is 3.60. The van der Waals surface area contributed by atoms with Gasteiger partial charge in [0.1, 0.15) is 0 Å². The van der Waals surface area contributed by atoms with Crippen LogP contribution in [0.1, 0.15) is 37.9 Å². The van der Waals surface area contributed by atoms with Gasteiger partial charge in [0.25, 0.3) is 0 Å². The highest BCUT2D eigenvalue weighted by atomic mass is 15.4. The van der Waals surface area contributed by atoms with Crippen LogP contribution < -0.4 is 5.32 Å². The summed E-state index contributed by atoms with van der Waals surface area (Å²) in [6.45, 7) is 3.24. The van der Waals surface area contributed by atoms with E-state index in [1.165, 1.54) is 18.5 Å². The van der Waals surface area contributed by atoms with Crippen LogP contribution in [0, 0.1) is 5.92 Å². The van der Waals surface area contributed by atoms with E-state index in [1.54, 1.807) is 0 Å². The zero-order valence-corrected chi connectivity index (χ0v) is 11.3. The van der Waals surface area contributed by atoms with Gasteiger partial charge in [0, 0.05) is 0 Å². The number of nitrogens with zero attached hydrogens (tertiary/aromatic N) is 3. The summed E-state index contributed by atoms with van der Waals surface area (Å²) in [5.74, 6) is 0.743. The zero-order valence-electron chi connectivity index (χ0n) is 11.3. The van der Waals surface area contributed by atoms with E-state index in [0.29, 0.717) is 6.04 Å². The first-order valence-electron chi connectivity index (χ1n) is 7.09. The van der Waals surface area contributed by atoms with Gasteiger partial charge >= 0.3 is 0 Å². The molecule has 19 heavy (non-hydrogen) atoms. The largest absolute Gasteiger partial charge is 0.308 e. The maximum Gasteiger partial charge on any atom is 0.0818 e. The molecule has 1 N–H and O–H groups in total. The Bertz CT molecular complexity index is 516. The molecule has 1 aromatic heterocycles. The van der Waals surface area contributed by atoms with E-state index in [2.05, 4.69) is 34.7 Å². The van der Waals surface area contributed by atoms with Crippen molar-refractivity contribution in [3.8, 4) is 5.69 Å². The lowest BCUT2D eigenvalue weighted by Crippen LogP contribution is -2.26. The molecule has 0 aliphatic heterocycles. The van der Waals surface area contributed by atoms with Gasteiger partial charge in [0.2, 0.25) is 0 Å². The second kappa shape index (κ2) is 5.53. The zero-order chi connectivity index (χ0) is 13.1. The molecule has 1 aliphatic rings. The van der Waals surface area contributed by atoms with E-state index in [0.717, 1.165) is 24.6 Å². The van der Waals surface area contributed by atoms with E-state index >= 15 is 0 Å².